The highest BCUT2D eigenvalue weighted by Crippen LogP contribution is 2.36. The zero-order chi connectivity index (χ0) is 26.7. The molecule has 0 aromatic heterocycles. The molecule has 2 atom stereocenters. The molecule has 3 amide bonds. The Morgan fingerprint density at radius 1 is 1.00 bits per heavy atom. The van der Waals surface area contributed by atoms with E-state index in [1.54, 1.807) is 24.1 Å². The maximum absolute atomic E-state index is 13.5. The van der Waals surface area contributed by atoms with Crippen LogP contribution < -0.4 is 4.74 Å². The van der Waals surface area contributed by atoms with Gasteiger partial charge in [-0.15, -0.1) is 0 Å². The molecule has 198 valence electrons. The number of hydrogen-bond acceptors (Lipinski definition) is 4. The van der Waals surface area contributed by atoms with Gasteiger partial charge in [-0.05, 0) is 54.8 Å². The summed E-state index contributed by atoms with van der Waals surface area (Å²) in [6, 6.07) is 10.2. The van der Waals surface area contributed by atoms with E-state index in [2.05, 4.69) is 0 Å². The van der Waals surface area contributed by atoms with E-state index in [9.17, 15) is 18.8 Å². The number of rotatable bonds is 5. The van der Waals surface area contributed by atoms with Crippen molar-refractivity contribution in [2.75, 3.05) is 33.2 Å². The molecular weight excluding hydrogens is 520 g/mol. The van der Waals surface area contributed by atoms with Gasteiger partial charge in [-0.2, -0.15) is 0 Å². The summed E-state index contributed by atoms with van der Waals surface area (Å²) >= 11 is 12.4. The second-order valence-electron chi connectivity index (χ2n) is 9.53. The van der Waals surface area contributed by atoms with Crippen LogP contribution in [0.5, 0.6) is 5.75 Å². The summed E-state index contributed by atoms with van der Waals surface area (Å²) in [7, 11) is 1.63. The number of benzene rings is 2. The Balaban J connectivity index is 1.51. The summed E-state index contributed by atoms with van der Waals surface area (Å²) in [5.41, 5.74) is 0.861. The summed E-state index contributed by atoms with van der Waals surface area (Å²) in [5.74, 6) is -0.465. The normalized spacial score (nSPS) is 20.1. The molecule has 2 saturated heterocycles. The zero-order valence-electron chi connectivity index (χ0n) is 20.8. The van der Waals surface area contributed by atoms with E-state index in [1.807, 2.05) is 17.9 Å². The Morgan fingerprint density at radius 2 is 1.68 bits per heavy atom. The van der Waals surface area contributed by atoms with Gasteiger partial charge >= 0.3 is 6.09 Å². The largest absolute Gasteiger partial charge is 0.415 e. The van der Waals surface area contributed by atoms with Gasteiger partial charge in [0.05, 0.1) is 16.1 Å². The van der Waals surface area contributed by atoms with Crippen molar-refractivity contribution in [3.63, 3.8) is 0 Å². The number of nitrogens with zero attached hydrogens (tertiary/aromatic N) is 3. The van der Waals surface area contributed by atoms with Crippen molar-refractivity contribution in [1.82, 2.24) is 14.7 Å². The van der Waals surface area contributed by atoms with E-state index >= 15 is 0 Å². The Morgan fingerprint density at radius 3 is 2.30 bits per heavy atom. The molecule has 4 rings (SSSR count). The fourth-order valence-corrected chi connectivity index (χ4v) is 5.40. The Bertz CT molecular complexity index is 1150. The average molecular weight is 550 g/mol. The van der Waals surface area contributed by atoms with E-state index in [0.29, 0.717) is 55.5 Å². The minimum atomic E-state index is -0.609. The van der Waals surface area contributed by atoms with Crippen LogP contribution in [0.25, 0.3) is 0 Å². The smallest absolute Gasteiger partial charge is 0.410 e. The third-order valence-corrected chi connectivity index (χ3v) is 8.02. The van der Waals surface area contributed by atoms with Crippen molar-refractivity contribution < 1.29 is 23.5 Å². The quantitative estimate of drug-likeness (QED) is 0.513. The highest BCUT2D eigenvalue weighted by molar-refractivity contribution is 6.42. The van der Waals surface area contributed by atoms with Crippen LogP contribution in [0, 0.1) is 11.7 Å². The first-order valence-corrected chi connectivity index (χ1v) is 13.1. The zero-order valence-corrected chi connectivity index (χ0v) is 22.3. The Labute approximate surface area is 226 Å². The van der Waals surface area contributed by atoms with E-state index in [4.69, 9.17) is 27.9 Å². The van der Waals surface area contributed by atoms with E-state index in [1.165, 1.54) is 29.2 Å². The van der Waals surface area contributed by atoms with Crippen molar-refractivity contribution in [3.8, 4) is 5.75 Å². The first-order valence-electron chi connectivity index (χ1n) is 12.4. The molecule has 2 aliphatic rings. The lowest BCUT2D eigenvalue weighted by atomic mass is 9.93. The topological polar surface area (TPSA) is 70.2 Å². The first kappa shape index (κ1) is 27.2. The molecule has 10 heteroatoms. The summed E-state index contributed by atoms with van der Waals surface area (Å²) < 4.78 is 18.7. The lowest BCUT2D eigenvalue weighted by molar-refractivity contribution is -0.140. The molecule has 0 saturated carbocycles. The standard InChI is InChI=1S/C27H30Cl2FN3O4/c1-3-25(34)32-12-10-17(11-13-32)26(35)33-15-21(18-4-9-22(28)23(29)14-18)24(16-33)31(2)27(36)37-20-7-5-19(30)6-8-20/h4-9,14,17,21,24H,3,10-13,15-16H2,1-2H3/t21-,24+/m1/s1. The predicted molar refractivity (Wildman–Crippen MR) is 139 cm³/mol. The molecule has 0 spiro atoms. The van der Waals surface area contributed by atoms with Crippen LogP contribution in [0.1, 0.15) is 37.7 Å². The van der Waals surface area contributed by atoms with E-state index in [-0.39, 0.29) is 35.4 Å². The molecular formula is C27H30Cl2FN3O4. The van der Waals surface area contributed by atoms with Crippen molar-refractivity contribution in [2.24, 2.45) is 5.92 Å². The third kappa shape index (κ3) is 6.18. The van der Waals surface area contributed by atoms with E-state index < -0.39 is 11.9 Å². The van der Waals surface area contributed by atoms with E-state index in [0.717, 1.165) is 5.56 Å². The number of carbonyl (C=O) groups excluding carboxylic acids is 3. The first-order chi connectivity index (χ1) is 17.7. The van der Waals surface area contributed by atoms with Gasteiger partial charge < -0.3 is 19.4 Å². The van der Waals surface area contributed by atoms with Gasteiger partial charge in [0, 0.05) is 51.5 Å². The molecule has 7 nitrogen and oxygen atoms in total. The number of hydrogen-bond donors (Lipinski definition) is 0. The SMILES string of the molecule is CCC(=O)N1CCC(C(=O)N2C[C@H](c3ccc(Cl)c(Cl)c3)[C@@H](N(C)C(=O)Oc3ccc(F)cc3)C2)CC1. The van der Waals surface area contributed by atoms with Crippen LogP contribution in [-0.4, -0.2) is 71.9 Å². The van der Waals surface area contributed by atoms with Crippen molar-refractivity contribution in [3.05, 3.63) is 63.9 Å². The summed E-state index contributed by atoms with van der Waals surface area (Å²) in [6.07, 6.45) is 1.08. The summed E-state index contributed by atoms with van der Waals surface area (Å²) in [4.78, 5) is 43.6. The second kappa shape index (κ2) is 11.7. The third-order valence-electron chi connectivity index (χ3n) is 7.28. The molecule has 0 radical (unpaired) electrons. The number of halogens is 3. The van der Waals surface area contributed by atoms with Gasteiger partial charge in [-0.3, -0.25) is 9.59 Å². The molecule has 2 fully saturated rings. The molecule has 2 aromatic rings. The van der Waals surface area contributed by atoms with Crippen LogP contribution in [0.3, 0.4) is 0 Å². The lowest BCUT2D eigenvalue weighted by Gasteiger charge is -2.33. The van der Waals surface area contributed by atoms with Crippen LogP contribution in [0.15, 0.2) is 42.5 Å². The highest BCUT2D eigenvalue weighted by Gasteiger charge is 2.42. The van der Waals surface area contributed by atoms with Crippen molar-refractivity contribution >= 4 is 41.1 Å². The maximum atomic E-state index is 13.5. The molecule has 2 aliphatic heterocycles. The second-order valence-corrected chi connectivity index (χ2v) is 10.3. The lowest BCUT2D eigenvalue weighted by Crippen LogP contribution is -2.45. The Kier molecular flexibility index (Phi) is 8.60. The van der Waals surface area contributed by atoms with Gasteiger partial charge in [0.25, 0.3) is 0 Å². The highest BCUT2D eigenvalue weighted by atomic mass is 35.5. The van der Waals surface area contributed by atoms with Gasteiger partial charge in [-0.25, -0.2) is 9.18 Å². The number of piperidine rings is 1. The van der Waals surface area contributed by atoms with Crippen molar-refractivity contribution in [1.29, 1.82) is 0 Å². The molecule has 37 heavy (non-hydrogen) atoms. The summed E-state index contributed by atoms with van der Waals surface area (Å²) in [6.45, 7) is 3.71. The van der Waals surface area contributed by atoms with Gasteiger partial charge in [0.2, 0.25) is 11.8 Å². The van der Waals surface area contributed by atoms with Gasteiger partial charge in [0.15, 0.2) is 0 Å². The number of ether oxygens (including phenoxy) is 1. The molecule has 0 bridgehead atoms. The number of amides is 3. The van der Waals surface area contributed by atoms with Gasteiger partial charge in [-0.1, -0.05) is 36.2 Å². The van der Waals surface area contributed by atoms with Crippen LogP contribution >= 0.6 is 23.2 Å². The molecule has 2 aromatic carbocycles. The number of carbonyl (C=O) groups is 3. The molecule has 0 N–H and O–H groups in total. The van der Waals surface area contributed by atoms with Crippen LogP contribution in [-0.2, 0) is 9.59 Å². The fourth-order valence-electron chi connectivity index (χ4n) is 5.10. The van der Waals surface area contributed by atoms with Gasteiger partial charge in [0.1, 0.15) is 11.6 Å². The fraction of sp³-hybridized carbons (Fsp3) is 0.444. The summed E-state index contributed by atoms with van der Waals surface area (Å²) in [5, 5.41) is 0.817. The molecule has 2 heterocycles. The molecule has 0 unspecified atom stereocenters. The minimum Gasteiger partial charge on any atom is -0.410 e. The maximum Gasteiger partial charge on any atom is 0.415 e. The van der Waals surface area contributed by atoms with Crippen LogP contribution in [0.4, 0.5) is 9.18 Å². The van der Waals surface area contributed by atoms with Crippen LogP contribution in [0.2, 0.25) is 10.0 Å². The minimum absolute atomic E-state index is 0.0245. The average Bonchev–Trinajstić information content (AvgIpc) is 3.35. The number of likely N-dealkylation sites (N-methyl/N-ethyl adjacent to an activating group) is 1. The monoisotopic (exact) mass is 549 g/mol. The predicted octanol–water partition coefficient (Wildman–Crippen LogP) is 5.21. The number of likely N-dealkylation sites (tertiary alicyclic amines) is 2. The Hall–Kier alpha value is -2.84. The molecule has 0 aliphatic carbocycles. The van der Waals surface area contributed by atoms with Crippen molar-refractivity contribution in [2.45, 2.75) is 38.1 Å².